The SMILES string of the molecule is C#COP(=O)(OC#C)OCc1ccc(OC(=O)c2ccc(C(F)(F)F)cc2Nc2nc(=O)c3nc(CNc4ccc(C(=O)N[C@@H](CCC(C)=O)C(=O)O)cc4)cnc3[nH]2)cc1. The lowest BCUT2D eigenvalue weighted by Crippen LogP contribution is -2.41. The molecule has 0 saturated carbocycles. The number of ketones is 1. The number of phosphoric ester groups is 1. The molecule has 2 heterocycles. The highest BCUT2D eigenvalue weighted by Crippen LogP contribution is 2.49. The van der Waals surface area contributed by atoms with Gasteiger partial charge >= 0.3 is 31.5 Å². The molecule has 0 fully saturated rings. The number of fused-ring (bicyclic) bond motifs is 1. The van der Waals surface area contributed by atoms with E-state index in [1.165, 1.54) is 49.5 Å². The minimum absolute atomic E-state index is 0.0128. The Morgan fingerprint density at radius 2 is 1.67 bits per heavy atom. The number of alkyl halides is 3. The van der Waals surface area contributed by atoms with Crippen LogP contribution in [0, 0.1) is 25.1 Å². The number of hydrogen-bond donors (Lipinski definition) is 5. The first kappa shape index (κ1) is 44.4. The lowest BCUT2D eigenvalue weighted by atomic mass is 10.1. The number of carboxylic acids is 1. The van der Waals surface area contributed by atoms with Gasteiger partial charge in [-0.15, -0.1) is 0 Å². The summed E-state index contributed by atoms with van der Waals surface area (Å²) in [5.41, 5.74) is -1.85. The van der Waals surface area contributed by atoms with Crippen LogP contribution in [0.2, 0.25) is 0 Å². The van der Waals surface area contributed by atoms with Gasteiger partial charge in [0.1, 0.15) is 29.8 Å². The van der Waals surface area contributed by atoms with E-state index >= 15 is 0 Å². The van der Waals surface area contributed by atoms with Crippen LogP contribution in [0.15, 0.2) is 77.7 Å². The molecule has 0 unspecified atom stereocenters. The summed E-state index contributed by atoms with van der Waals surface area (Å²) in [4.78, 5) is 76.6. The number of carboxylic acid groups (broad SMARTS) is 1. The number of ether oxygens (including phenoxy) is 1. The molecule has 0 aliphatic heterocycles. The van der Waals surface area contributed by atoms with E-state index in [1.54, 1.807) is 24.3 Å². The number of rotatable bonds is 18. The number of aromatic amines is 1. The second kappa shape index (κ2) is 19.3. The van der Waals surface area contributed by atoms with Crippen LogP contribution in [0.25, 0.3) is 11.2 Å². The zero-order chi connectivity index (χ0) is 44.3. The van der Waals surface area contributed by atoms with Gasteiger partial charge in [0.05, 0.1) is 41.9 Å². The van der Waals surface area contributed by atoms with Crippen molar-refractivity contribution >= 4 is 59.9 Å². The Kier molecular flexibility index (Phi) is 14.1. The normalized spacial score (nSPS) is 11.6. The maximum Gasteiger partial charge on any atom is 0.605 e. The molecule has 0 aliphatic carbocycles. The zero-order valence-electron chi connectivity index (χ0n) is 31.4. The third kappa shape index (κ3) is 12.1. The van der Waals surface area contributed by atoms with Crippen LogP contribution in [-0.4, -0.2) is 54.7 Å². The number of benzene rings is 3. The number of halogens is 3. The molecule has 5 rings (SSSR count). The van der Waals surface area contributed by atoms with Crippen LogP contribution >= 0.6 is 7.82 Å². The van der Waals surface area contributed by atoms with E-state index in [4.69, 9.17) is 22.1 Å². The van der Waals surface area contributed by atoms with Crippen molar-refractivity contribution in [3.05, 3.63) is 111 Å². The molecule has 18 nitrogen and oxygen atoms in total. The minimum atomic E-state index is -4.82. The van der Waals surface area contributed by atoms with E-state index < -0.39 is 54.7 Å². The summed E-state index contributed by atoms with van der Waals surface area (Å²) in [5, 5.41) is 17.3. The van der Waals surface area contributed by atoms with Crippen LogP contribution in [-0.2, 0) is 47.1 Å². The zero-order valence-corrected chi connectivity index (χ0v) is 32.3. The van der Waals surface area contributed by atoms with Gasteiger partial charge in [0, 0.05) is 17.7 Å². The molecule has 0 spiro atoms. The fourth-order valence-corrected chi connectivity index (χ4v) is 5.89. The number of H-pyrrole nitrogens is 1. The van der Waals surface area contributed by atoms with Crippen molar-refractivity contribution in [1.82, 2.24) is 25.3 Å². The second-order valence-electron chi connectivity index (χ2n) is 12.5. The average Bonchev–Trinajstić information content (AvgIpc) is 3.21. The van der Waals surface area contributed by atoms with Crippen molar-refractivity contribution in [3.63, 3.8) is 0 Å². The van der Waals surface area contributed by atoms with Gasteiger partial charge in [-0.05, 0) is 73.5 Å². The number of nitrogens with zero attached hydrogens (tertiary/aromatic N) is 3. The van der Waals surface area contributed by atoms with Crippen molar-refractivity contribution in [2.75, 3.05) is 10.6 Å². The quantitative estimate of drug-likeness (QED) is 0.0307. The standard InChI is InChI=1S/C39H31F3N7O11P/c1-4-57-61(56,58-5-2)59-21-23-7-14-28(15-8-23)60-37(55)29-16-11-25(39(40,41)42)18-31(29)47-38-48-33-32(35(52)49-38)45-27(20-44-33)19-43-26-12-9-24(10-13-26)34(51)46-30(36(53)54)17-6-22(3)50/h1-2,7-16,18,20,30,43H,6,17,19,21H2,3H3,(H,46,51)(H,53,54)(H2,44,47,48,49,52)/t30-/m0/s1. The van der Waals surface area contributed by atoms with Gasteiger partial charge in [0.15, 0.2) is 11.2 Å². The van der Waals surface area contributed by atoms with Crippen LogP contribution in [0.1, 0.15) is 57.3 Å². The molecular weight excluding hydrogens is 830 g/mol. The molecule has 2 aromatic heterocycles. The summed E-state index contributed by atoms with van der Waals surface area (Å²) in [5.74, 6) is -3.67. The summed E-state index contributed by atoms with van der Waals surface area (Å²) < 4.78 is 72.9. The topological polar surface area (TPSA) is 250 Å². The number of phosphoric acid groups is 1. The Hall–Kier alpha value is -7.74. The molecule has 0 saturated heterocycles. The number of nitrogens with one attached hydrogen (secondary N) is 4. The number of Topliss-reactive ketones (excluding diaryl/α,β-unsaturated/α-hetero) is 1. The number of carbonyl (C=O) groups excluding carboxylic acids is 3. The molecule has 5 N–H and O–H groups in total. The molecule has 5 aromatic rings. The highest BCUT2D eigenvalue weighted by Gasteiger charge is 2.32. The monoisotopic (exact) mass is 861 g/mol. The number of aliphatic carboxylic acids is 1. The van der Waals surface area contributed by atoms with Crippen LogP contribution in [0.5, 0.6) is 5.75 Å². The first-order chi connectivity index (χ1) is 29.0. The number of anilines is 3. The molecule has 1 amide bonds. The molecular formula is C39H31F3N7O11P. The summed E-state index contributed by atoms with van der Waals surface area (Å²) in [6, 6.07) is 12.3. The Bertz CT molecular complexity index is 2640. The predicted octanol–water partition coefficient (Wildman–Crippen LogP) is 5.70. The Morgan fingerprint density at radius 1 is 0.984 bits per heavy atom. The number of esters is 1. The third-order valence-corrected chi connectivity index (χ3v) is 9.26. The van der Waals surface area contributed by atoms with Gasteiger partial charge < -0.3 is 44.6 Å². The van der Waals surface area contributed by atoms with E-state index in [9.17, 15) is 46.8 Å². The van der Waals surface area contributed by atoms with Crippen LogP contribution in [0.4, 0.5) is 30.5 Å². The van der Waals surface area contributed by atoms with E-state index in [0.29, 0.717) is 23.4 Å². The largest absolute Gasteiger partial charge is 0.605 e. The van der Waals surface area contributed by atoms with Gasteiger partial charge in [0.25, 0.3) is 5.91 Å². The predicted molar refractivity (Wildman–Crippen MR) is 209 cm³/mol. The number of terminal acetylenes is 2. The summed E-state index contributed by atoms with van der Waals surface area (Å²) in [7, 11) is -4.26. The Morgan fingerprint density at radius 3 is 2.30 bits per heavy atom. The molecule has 61 heavy (non-hydrogen) atoms. The smallest absolute Gasteiger partial charge is 0.480 e. The van der Waals surface area contributed by atoms with Crippen molar-refractivity contribution in [3.8, 4) is 30.8 Å². The Balaban J connectivity index is 1.27. The number of hydrogen-bond acceptors (Lipinski definition) is 15. The van der Waals surface area contributed by atoms with Crippen molar-refractivity contribution < 1.29 is 60.3 Å². The van der Waals surface area contributed by atoms with E-state index in [-0.39, 0.29) is 71.5 Å². The van der Waals surface area contributed by atoms with Crippen molar-refractivity contribution in [2.45, 2.75) is 45.1 Å². The lowest BCUT2D eigenvalue weighted by molar-refractivity contribution is -0.139. The fraction of sp³-hybridized carbons (Fsp3) is 0.179. The van der Waals surface area contributed by atoms with Crippen molar-refractivity contribution in [2.24, 2.45) is 0 Å². The first-order valence-corrected chi connectivity index (χ1v) is 18.9. The lowest BCUT2D eigenvalue weighted by Gasteiger charge is -2.15. The number of amides is 1. The number of aromatic nitrogens is 4. The minimum Gasteiger partial charge on any atom is -0.480 e. The maximum absolute atomic E-state index is 13.7. The van der Waals surface area contributed by atoms with Gasteiger partial charge in [-0.1, -0.05) is 25.0 Å². The van der Waals surface area contributed by atoms with Gasteiger partial charge in [-0.25, -0.2) is 24.1 Å². The third-order valence-electron chi connectivity index (χ3n) is 8.16. The van der Waals surface area contributed by atoms with E-state index in [2.05, 4.69) is 44.9 Å². The van der Waals surface area contributed by atoms with Crippen LogP contribution < -0.4 is 26.2 Å². The molecule has 0 radical (unpaired) electrons. The fourth-order valence-electron chi connectivity index (χ4n) is 5.18. The molecule has 0 aliphatic rings. The Labute approximate surface area is 342 Å². The average molecular weight is 862 g/mol. The maximum atomic E-state index is 13.7. The first-order valence-electron chi connectivity index (χ1n) is 17.4. The highest BCUT2D eigenvalue weighted by atomic mass is 31.2. The molecule has 3 aromatic carbocycles. The van der Waals surface area contributed by atoms with Crippen LogP contribution in [0.3, 0.4) is 0 Å². The summed E-state index contributed by atoms with van der Waals surface area (Å²) in [6.07, 6.45) is 9.66. The number of carbonyl (C=O) groups is 4. The van der Waals surface area contributed by atoms with Gasteiger partial charge in [-0.2, -0.15) is 18.2 Å². The van der Waals surface area contributed by atoms with Gasteiger partial charge in [-0.3, -0.25) is 14.1 Å². The molecule has 0 bridgehead atoms. The second-order valence-corrected chi connectivity index (χ2v) is 14.1. The van der Waals surface area contributed by atoms with Crippen molar-refractivity contribution in [1.29, 1.82) is 0 Å². The highest BCUT2D eigenvalue weighted by molar-refractivity contribution is 7.48. The summed E-state index contributed by atoms with van der Waals surface area (Å²) >= 11 is 0. The van der Waals surface area contributed by atoms with E-state index in [0.717, 1.165) is 6.07 Å². The summed E-state index contributed by atoms with van der Waals surface area (Å²) in [6.45, 7) is 1.00. The molecule has 314 valence electrons. The van der Waals surface area contributed by atoms with E-state index in [1.807, 2.05) is 0 Å². The molecule has 1 atom stereocenters. The van der Waals surface area contributed by atoms with Gasteiger partial charge in [0.2, 0.25) is 5.95 Å². The molecule has 22 heteroatoms.